The van der Waals surface area contributed by atoms with Crippen molar-refractivity contribution in [2.24, 2.45) is 0 Å². The zero-order valence-electron chi connectivity index (χ0n) is 18.1. The lowest BCUT2D eigenvalue weighted by atomic mass is 9.84. The molecule has 0 fully saturated rings. The summed E-state index contributed by atoms with van der Waals surface area (Å²) in [5, 5.41) is 12.5. The highest BCUT2D eigenvalue weighted by molar-refractivity contribution is 9.13. The molecule has 0 heterocycles. The molecule has 36 heavy (non-hydrogen) atoms. The van der Waals surface area contributed by atoms with Gasteiger partial charge < -0.3 is 0 Å². The second kappa shape index (κ2) is 7.13. The Hall–Kier alpha value is -2.38. The summed E-state index contributed by atoms with van der Waals surface area (Å²) in [6.45, 7) is 0. The van der Waals surface area contributed by atoms with Gasteiger partial charge in [0.25, 0.3) is 0 Å². The minimum Gasteiger partial charge on any atom is -0.289 e. The second-order valence-corrected chi connectivity index (χ2v) is 12.5. The molecule has 8 aromatic rings. The Labute approximate surface area is 236 Å². The molecule has 6 heteroatoms. The van der Waals surface area contributed by atoms with Crippen molar-refractivity contribution < 1.29 is 0 Å². The van der Waals surface area contributed by atoms with E-state index in [-0.39, 0.29) is 10.9 Å². The van der Waals surface area contributed by atoms with Crippen LogP contribution in [-0.2, 0) is 0 Å². The molecule has 0 N–H and O–H groups in total. The van der Waals surface area contributed by atoms with Crippen LogP contribution in [0.2, 0.25) is 0 Å². The van der Waals surface area contributed by atoms with Crippen LogP contribution in [0.4, 0.5) is 0 Å². The molecule has 0 unspecified atom stereocenters. The largest absolute Gasteiger partial charge is 0.289 e. The maximum Gasteiger partial charge on any atom is 0.195 e. The maximum atomic E-state index is 13.8. The summed E-state index contributed by atoms with van der Waals surface area (Å²) in [6, 6.07) is 19.8. The fourth-order valence-corrected chi connectivity index (χ4v) is 8.32. The molecular formula is C30H10Br4O2. The third-order valence-electron chi connectivity index (χ3n) is 7.56. The Balaban J connectivity index is 1.84. The fraction of sp³-hybridized carbons (Fsp3) is 0. The first-order valence-corrected chi connectivity index (χ1v) is 14.4. The van der Waals surface area contributed by atoms with Gasteiger partial charge in [0, 0.05) is 61.0 Å². The molecule has 170 valence electrons. The molecule has 0 saturated heterocycles. The van der Waals surface area contributed by atoms with E-state index in [0.717, 1.165) is 71.8 Å². The standard InChI is InChI=1S/C30H10Br4O2/c31-18-8-7-15-24(28(18)34)26-21-14(29(15)35)6-5-11-9-16-12-3-1-2-4-13(12)30(36)25-19(32)10-17(27(26)33)23(20(11)21)22(16)25/h1-10H. The third kappa shape index (κ3) is 2.42. The Morgan fingerprint density at radius 2 is 1.08 bits per heavy atom. The number of hydrogen-bond donors (Lipinski definition) is 0. The van der Waals surface area contributed by atoms with E-state index in [0.29, 0.717) is 21.5 Å². The van der Waals surface area contributed by atoms with Gasteiger partial charge in [-0.15, -0.1) is 0 Å². The predicted octanol–water partition coefficient (Wildman–Crippen LogP) is 9.84. The number of hydrogen-bond acceptors (Lipinski definition) is 2. The zero-order chi connectivity index (χ0) is 24.6. The molecule has 0 aliphatic carbocycles. The smallest absolute Gasteiger partial charge is 0.195 e. The van der Waals surface area contributed by atoms with E-state index in [4.69, 9.17) is 0 Å². The molecule has 8 rings (SSSR count). The number of fused-ring (bicyclic) bond motifs is 4. The molecule has 2 nitrogen and oxygen atoms in total. The Bertz CT molecular complexity index is 2400. The van der Waals surface area contributed by atoms with Gasteiger partial charge in [-0.2, -0.15) is 0 Å². The van der Waals surface area contributed by atoms with Gasteiger partial charge in [0.15, 0.2) is 10.9 Å². The lowest BCUT2D eigenvalue weighted by Crippen LogP contribution is -2.07. The van der Waals surface area contributed by atoms with Crippen LogP contribution in [-0.4, -0.2) is 0 Å². The highest BCUT2D eigenvalue weighted by Crippen LogP contribution is 2.51. The van der Waals surface area contributed by atoms with Gasteiger partial charge >= 0.3 is 0 Å². The van der Waals surface area contributed by atoms with Gasteiger partial charge in [-0.05, 0) is 126 Å². The van der Waals surface area contributed by atoms with E-state index in [2.05, 4.69) is 69.8 Å². The first-order chi connectivity index (χ1) is 17.4. The van der Waals surface area contributed by atoms with E-state index >= 15 is 0 Å². The topological polar surface area (TPSA) is 34.1 Å². The zero-order valence-corrected chi connectivity index (χ0v) is 24.4. The SMILES string of the molecule is O=c1c2ccc(Br)c(Br)c2c2c(Br)c3cc(Br)c4c(=O)c5ccccc5c5cc6ccc1c2c6c3c45. The van der Waals surface area contributed by atoms with Crippen molar-refractivity contribution in [1.29, 1.82) is 0 Å². The van der Waals surface area contributed by atoms with Crippen LogP contribution in [0.3, 0.4) is 0 Å². The van der Waals surface area contributed by atoms with E-state index in [9.17, 15) is 9.59 Å². The molecule has 0 aliphatic rings. The van der Waals surface area contributed by atoms with Gasteiger partial charge in [-0.1, -0.05) is 30.3 Å². The maximum absolute atomic E-state index is 13.8. The molecule has 0 aliphatic heterocycles. The molecular weight excluding hydrogens is 712 g/mol. The van der Waals surface area contributed by atoms with E-state index in [1.54, 1.807) is 0 Å². The molecule has 0 amide bonds. The second-order valence-electron chi connectivity index (χ2n) is 9.22. The van der Waals surface area contributed by atoms with Gasteiger partial charge in [0.1, 0.15) is 0 Å². The fourth-order valence-electron chi connectivity index (χ4n) is 6.13. The quantitative estimate of drug-likeness (QED) is 0.115. The Morgan fingerprint density at radius 3 is 1.89 bits per heavy atom. The minimum atomic E-state index is 0.00526. The molecule has 0 spiro atoms. The van der Waals surface area contributed by atoms with Crippen LogP contribution < -0.4 is 10.9 Å². The number of rotatable bonds is 0. The minimum absolute atomic E-state index is 0.00526. The summed E-state index contributed by atoms with van der Waals surface area (Å²) < 4.78 is 3.41. The summed E-state index contributed by atoms with van der Waals surface area (Å²) >= 11 is 15.1. The van der Waals surface area contributed by atoms with Gasteiger partial charge in [0.2, 0.25) is 0 Å². The summed E-state index contributed by atoms with van der Waals surface area (Å²) in [5.41, 5.74) is 0.0188. The third-order valence-corrected chi connectivity index (χ3v) is 11.0. The Morgan fingerprint density at radius 1 is 0.417 bits per heavy atom. The van der Waals surface area contributed by atoms with Crippen molar-refractivity contribution in [2.45, 2.75) is 0 Å². The van der Waals surface area contributed by atoms with E-state index in [1.165, 1.54) is 0 Å². The first-order valence-electron chi connectivity index (χ1n) is 11.2. The molecule has 0 atom stereocenters. The highest BCUT2D eigenvalue weighted by Gasteiger charge is 2.26. The van der Waals surface area contributed by atoms with Crippen LogP contribution in [0.15, 0.2) is 88.1 Å². The van der Waals surface area contributed by atoms with Crippen molar-refractivity contribution in [3.63, 3.8) is 0 Å². The van der Waals surface area contributed by atoms with Crippen molar-refractivity contribution in [3.8, 4) is 0 Å². The molecule has 0 aromatic heterocycles. The summed E-state index contributed by atoms with van der Waals surface area (Å²) in [5.74, 6) is 0. The van der Waals surface area contributed by atoms with Crippen LogP contribution in [0.25, 0.3) is 75.4 Å². The lowest BCUT2D eigenvalue weighted by molar-refractivity contribution is 1.65. The van der Waals surface area contributed by atoms with Crippen LogP contribution in [0.5, 0.6) is 0 Å². The predicted molar refractivity (Wildman–Crippen MR) is 166 cm³/mol. The van der Waals surface area contributed by atoms with Crippen LogP contribution in [0, 0.1) is 0 Å². The van der Waals surface area contributed by atoms with Crippen molar-refractivity contribution >= 4 is 139 Å². The number of benzene rings is 8. The van der Waals surface area contributed by atoms with E-state index < -0.39 is 0 Å². The average Bonchev–Trinajstić information content (AvgIpc) is 2.88. The highest BCUT2D eigenvalue weighted by atomic mass is 79.9. The summed E-state index contributed by atoms with van der Waals surface area (Å²) in [6.07, 6.45) is 0. The van der Waals surface area contributed by atoms with Crippen molar-refractivity contribution in [3.05, 3.63) is 99.0 Å². The van der Waals surface area contributed by atoms with Gasteiger partial charge in [-0.3, -0.25) is 9.59 Å². The molecule has 0 radical (unpaired) electrons. The van der Waals surface area contributed by atoms with Crippen molar-refractivity contribution in [1.82, 2.24) is 0 Å². The summed E-state index contributed by atoms with van der Waals surface area (Å²) in [4.78, 5) is 27.5. The summed E-state index contributed by atoms with van der Waals surface area (Å²) in [7, 11) is 0. The number of halogens is 4. The first kappa shape index (κ1) is 21.7. The lowest BCUT2D eigenvalue weighted by Gasteiger charge is -2.21. The van der Waals surface area contributed by atoms with Gasteiger partial charge in [0.05, 0.1) is 0 Å². The van der Waals surface area contributed by atoms with Crippen LogP contribution in [0.1, 0.15) is 0 Å². The van der Waals surface area contributed by atoms with Crippen molar-refractivity contribution in [2.75, 3.05) is 0 Å². The monoisotopic (exact) mass is 718 g/mol. The molecule has 8 aromatic carbocycles. The Kier molecular flexibility index (Phi) is 4.30. The molecule has 0 saturated carbocycles. The van der Waals surface area contributed by atoms with E-state index in [1.807, 2.05) is 54.6 Å². The average molecular weight is 722 g/mol. The molecule has 0 bridgehead atoms. The van der Waals surface area contributed by atoms with Crippen LogP contribution >= 0.6 is 63.7 Å². The van der Waals surface area contributed by atoms with Gasteiger partial charge in [-0.25, -0.2) is 0 Å². The normalized spacial score (nSPS) is 12.7.